The SMILES string of the molecule is Cc1sc2cc(CBr)ccc2c1F. The molecule has 0 nitrogen and oxygen atoms in total. The number of hydrogen-bond donors (Lipinski definition) is 0. The lowest BCUT2D eigenvalue weighted by atomic mass is 10.2. The highest BCUT2D eigenvalue weighted by atomic mass is 79.9. The van der Waals surface area contributed by atoms with Gasteiger partial charge in [0, 0.05) is 20.3 Å². The van der Waals surface area contributed by atoms with Crippen molar-refractivity contribution in [3.63, 3.8) is 0 Å². The predicted molar refractivity (Wildman–Crippen MR) is 59.2 cm³/mol. The summed E-state index contributed by atoms with van der Waals surface area (Å²) in [6.07, 6.45) is 0. The van der Waals surface area contributed by atoms with Gasteiger partial charge in [-0.3, -0.25) is 0 Å². The summed E-state index contributed by atoms with van der Waals surface area (Å²) in [7, 11) is 0. The largest absolute Gasteiger partial charge is 0.205 e. The van der Waals surface area contributed by atoms with Gasteiger partial charge in [0.05, 0.1) is 0 Å². The van der Waals surface area contributed by atoms with Gasteiger partial charge in [0.25, 0.3) is 0 Å². The van der Waals surface area contributed by atoms with Gasteiger partial charge in [0.1, 0.15) is 5.82 Å². The van der Waals surface area contributed by atoms with E-state index in [1.165, 1.54) is 16.9 Å². The van der Waals surface area contributed by atoms with E-state index in [0.717, 1.165) is 20.3 Å². The molecule has 0 aliphatic heterocycles. The fourth-order valence-corrected chi connectivity index (χ4v) is 2.67. The summed E-state index contributed by atoms with van der Waals surface area (Å²) in [4.78, 5) is 0.765. The minimum absolute atomic E-state index is 0.0684. The van der Waals surface area contributed by atoms with Gasteiger partial charge < -0.3 is 0 Å². The maximum Gasteiger partial charge on any atom is 0.144 e. The zero-order valence-electron chi connectivity index (χ0n) is 7.10. The van der Waals surface area contributed by atoms with Gasteiger partial charge in [-0.2, -0.15) is 0 Å². The summed E-state index contributed by atoms with van der Waals surface area (Å²) in [6.45, 7) is 1.81. The molecule has 68 valence electrons. The van der Waals surface area contributed by atoms with Crippen LogP contribution in [0.25, 0.3) is 10.1 Å². The van der Waals surface area contributed by atoms with Crippen molar-refractivity contribution >= 4 is 37.4 Å². The highest BCUT2D eigenvalue weighted by molar-refractivity contribution is 9.08. The quantitative estimate of drug-likeness (QED) is 0.672. The molecule has 0 unspecified atom stereocenters. The summed E-state index contributed by atoms with van der Waals surface area (Å²) in [6, 6.07) is 5.84. The first-order chi connectivity index (χ1) is 6.22. The van der Waals surface area contributed by atoms with Crippen LogP contribution in [0.1, 0.15) is 10.4 Å². The number of thiophene rings is 1. The molecule has 0 saturated heterocycles. The van der Waals surface area contributed by atoms with Crippen molar-refractivity contribution in [1.29, 1.82) is 0 Å². The van der Waals surface area contributed by atoms with E-state index in [2.05, 4.69) is 15.9 Å². The van der Waals surface area contributed by atoms with Crippen LogP contribution >= 0.6 is 27.3 Å². The first kappa shape index (κ1) is 9.16. The molecular weight excluding hydrogens is 251 g/mol. The molecule has 1 aromatic carbocycles. The minimum atomic E-state index is -0.0684. The van der Waals surface area contributed by atoms with Crippen molar-refractivity contribution in [3.8, 4) is 0 Å². The van der Waals surface area contributed by atoms with Crippen molar-refractivity contribution in [1.82, 2.24) is 0 Å². The van der Waals surface area contributed by atoms with Crippen molar-refractivity contribution in [2.75, 3.05) is 0 Å². The molecule has 0 fully saturated rings. The van der Waals surface area contributed by atoms with Crippen molar-refractivity contribution in [2.45, 2.75) is 12.3 Å². The second-order valence-corrected chi connectivity index (χ2v) is 4.75. The smallest absolute Gasteiger partial charge is 0.144 e. The maximum atomic E-state index is 13.4. The molecule has 0 aliphatic carbocycles. The van der Waals surface area contributed by atoms with Crippen LogP contribution in [-0.2, 0) is 5.33 Å². The zero-order chi connectivity index (χ0) is 9.42. The van der Waals surface area contributed by atoms with Crippen LogP contribution in [0.4, 0.5) is 4.39 Å². The third kappa shape index (κ3) is 1.51. The van der Waals surface area contributed by atoms with Crippen LogP contribution < -0.4 is 0 Å². The minimum Gasteiger partial charge on any atom is -0.205 e. The van der Waals surface area contributed by atoms with Crippen LogP contribution in [0.5, 0.6) is 0 Å². The fourth-order valence-electron chi connectivity index (χ4n) is 1.32. The normalized spacial score (nSPS) is 11.0. The third-order valence-corrected chi connectivity index (χ3v) is 3.70. The Bertz CT molecular complexity index is 447. The van der Waals surface area contributed by atoms with E-state index in [9.17, 15) is 4.39 Å². The highest BCUT2D eigenvalue weighted by Gasteiger charge is 2.07. The Labute approximate surface area is 88.5 Å². The Hall–Kier alpha value is -0.410. The Balaban J connectivity index is 2.73. The highest BCUT2D eigenvalue weighted by Crippen LogP contribution is 2.30. The number of benzene rings is 1. The second-order valence-electron chi connectivity index (χ2n) is 2.94. The summed E-state index contributed by atoms with van der Waals surface area (Å²) < 4.78 is 14.4. The maximum absolute atomic E-state index is 13.4. The number of aryl methyl sites for hydroxylation is 1. The van der Waals surface area contributed by atoms with Crippen LogP contribution in [0.15, 0.2) is 18.2 Å². The molecule has 3 heteroatoms. The van der Waals surface area contributed by atoms with Gasteiger partial charge >= 0.3 is 0 Å². The van der Waals surface area contributed by atoms with Gasteiger partial charge in [-0.15, -0.1) is 11.3 Å². The molecule has 1 aromatic heterocycles. The topological polar surface area (TPSA) is 0 Å². The molecule has 1 heterocycles. The Morgan fingerprint density at radius 2 is 2.23 bits per heavy atom. The molecule has 0 aliphatic rings. The third-order valence-electron chi connectivity index (χ3n) is 2.01. The number of hydrogen-bond acceptors (Lipinski definition) is 1. The lowest BCUT2D eigenvalue weighted by Gasteiger charge is -1.94. The lowest BCUT2D eigenvalue weighted by molar-refractivity contribution is 0.636. The lowest BCUT2D eigenvalue weighted by Crippen LogP contribution is -1.76. The van der Waals surface area contributed by atoms with E-state index < -0.39 is 0 Å². The second kappa shape index (κ2) is 3.39. The summed E-state index contributed by atoms with van der Waals surface area (Å²) >= 11 is 4.89. The standard InChI is InChI=1S/C10H8BrFS/c1-6-10(12)8-3-2-7(5-11)4-9(8)13-6/h2-4H,5H2,1H3. The molecule has 13 heavy (non-hydrogen) atoms. The average molecular weight is 259 g/mol. The Morgan fingerprint density at radius 3 is 2.92 bits per heavy atom. The van der Waals surface area contributed by atoms with Crippen molar-refractivity contribution in [2.24, 2.45) is 0 Å². The fraction of sp³-hybridized carbons (Fsp3) is 0.200. The number of alkyl halides is 1. The van der Waals surface area contributed by atoms with E-state index in [4.69, 9.17) is 0 Å². The van der Waals surface area contributed by atoms with Gasteiger partial charge in [-0.05, 0) is 18.6 Å². The van der Waals surface area contributed by atoms with Crippen LogP contribution in [0, 0.1) is 12.7 Å². The number of rotatable bonds is 1. The summed E-state index contributed by atoms with van der Waals surface area (Å²) in [5.41, 5.74) is 1.19. The van der Waals surface area contributed by atoms with E-state index in [0.29, 0.717) is 0 Å². The number of fused-ring (bicyclic) bond motifs is 1. The predicted octanol–water partition coefficient (Wildman–Crippen LogP) is 4.24. The summed E-state index contributed by atoms with van der Waals surface area (Å²) in [5.74, 6) is -0.0684. The van der Waals surface area contributed by atoms with Crippen molar-refractivity contribution in [3.05, 3.63) is 34.5 Å². The van der Waals surface area contributed by atoms with Gasteiger partial charge in [-0.25, -0.2) is 4.39 Å². The molecule has 0 N–H and O–H groups in total. The van der Waals surface area contributed by atoms with Crippen LogP contribution in [-0.4, -0.2) is 0 Å². The Morgan fingerprint density at radius 1 is 1.46 bits per heavy atom. The molecule has 0 atom stereocenters. The van der Waals surface area contributed by atoms with Gasteiger partial charge in [-0.1, -0.05) is 28.1 Å². The molecular formula is C10H8BrFS. The zero-order valence-corrected chi connectivity index (χ0v) is 9.51. The first-order valence-electron chi connectivity index (χ1n) is 3.96. The molecule has 2 rings (SSSR count). The van der Waals surface area contributed by atoms with Crippen molar-refractivity contribution < 1.29 is 4.39 Å². The van der Waals surface area contributed by atoms with E-state index in [1.54, 1.807) is 0 Å². The molecule has 0 radical (unpaired) electrons. The summed E-state index contributed by atoms with van der Waals surface area (Å²) in [5, 5.41) is 1.56. The molecule has 2 aromatic rings. The molecule has 0 amide bonds. The van der Waals surface area contributed by atoms with Gasteiger partial charge in [0.2, 0.25) is 0 Å². The monoisotopic (exact) mass is 258 g/mol. The van der Waals surface area contributed by atoms with Crippen LogP contribution in [0.2, 0.25) is 0 Å². The molecule has 0 spiro atoms. The van der Waals surface area contributed by atoms with Crippen LogP contribution in [0.3, 0.4) is 0 Å². The van der Waals surface area contributed by atoms with E-state index in [-0.39, 0.29) is 5.82 Å². The van der Waals surface area contributed by atoms with Gasteiger partial charge in [0.15, 0.2) is 0 Å². The average Bonchev–Trinajstić information content (AvgIpc) is 2.42. The molecule has 0 saturated carbocycles. The first-order valence-corrected chi connectivity index (χ1v) is 5.89. The Kier molecular flexibility index (Phi) is 2.39. The molecule has 0 bridgehead atoms. The number of halogens is 2. The van der Waals surface area contributed by atoms with E-state index in [1.807, 2.05) is 25.1 Å². The van der Waals surface area contributed by atoms with E-state index >= 15 is 0 Å².